The van der Waals surface area contributed by atoms with Crippen molar-refractivity contribution in [1.29, 1.82) is 0 Å². The normalized spacial score (nSPS) is 18.4. The van der Waals surface area contributed by atoms with Crippen LogP contribution in [0.5, 0.6) is 0 Å². The fourth-order valence-corrected chi connectivity index (χ4v) is 6.34. The zero-order valence-corrected chi connectivity index (χ0v) is 20.7. The van der Waals surface area contributed by atoms with Crippen molar-refractivity contribution < 1.29 is 18.0 Å². The fourth-order valence-electron chi connectivity index (χ4n) is 4.28. The van der Waals surface area contributed by atoms with Crippen LogP contribution in [0.1, 0.15) is 41.0 Å². The number of hydrogen-bond acceptors (Lipinski definition) is 5. The molecule has 1 saturated heterocycles. The van der Waals surface area contributed by atoms with Gasteiger partial charge in [-0.15, -0.1) is 11.3 Å². The molecule has 2 N–H and O–H groups in total. The van der Waals surface area contributed by atoms with Gasteiger partial charge >= 0.3 is 0 Å². The molecule has 3 aromatic rings. The summed E-state index contributed by atoms with van der Waals surface area (Å²) in [5, 5.41) is 4.53. The van der Waals surface area contributed by atoms with E-state index >= 15 is 0 Å². The summed E-state index contributed by atoms with van der Waals surface area (Å²) in [4.78, 5) is 28.0. The molecule has 2 heterocycles. The Morgan fingerprint density at radius 2 is 1.62 bits per heavy atom. The van der Waals surface area contributed by atoms with E-state index in [1.807, 2.05) is 4.90 Å². The topological polar surface area (TPSA) is 95.6 Å². The summed E-state index contributed by atoms with van der Waals surface area (Å²) in [6.45, 7) is 5.70. The molecular weight excluding hydrogens is 470 g/mol. The number of hydrogen-bond donors (Lipinski definition) is 2. The summed E-state index contributed by atoms with van der Waals surface area (Å²) in [6, 6.07) is 16.3. The number of para-hydroxylation sites is 1. The first kappa shape index (κ1) is 24.0. The number of nitrogens with zero attached hydrogens (tertiary/aromatic N) is 1. The lowest BCUT2D eigenvalue weighted by Gasteiger charge is -2.35. The standard InChI is InChI=1S/C25H27N3O4S2/c1-17-14-18(2)16-28(15-17)25(30)21-6-3-4-7-22(21)26-24(29)19-9-11-20(12-10-19)27-34(31,32)23-8-5-13-33-23/h3-13,17-18,27H,14-16H2,1-2H3,(H,26,29). The second-order valence-corrected chi connectivity index (χ2v) is 11.6. The van der Waals surface area contributed by atoms with Crippen LogP contribution in [0, 0.1) is 11.8 Å². The van der Waals surface area contributed by atoms with Gasteiger partial charge in [0.25, 0.3) is 21.8 Å². The molecule has 0 bridgehead atoms. The average Bonchev–Trinajstić information content (AvgIpc) is 3.35. The SMILES string of the molecule is CC1CC(C)CN(C(=O)c2ccccc2NC(=O)c2ccc(NS(=O)(=O)c3cccs3)cc2)C1. The molecule has 34 heavy (non-hydrogen) atoms. The average molecular weight is 498 g/mol. The number of rotatable bonds is 6. The Kier molecular flexibility index (Phi) is 7.04. The van der Waals surface area contributed by atoms with Crippen molar-refractivity contribution >= 4 is 44.5 Å². The molecule has 2 amide bonds. The number of amides is 2. The number of carbonyl (C=O) groups is 2. The van der Waals surface area contributed by atoms with Crippen LogP contribution in [0.25, 0.3) is 0 Å². The largest absolute Gasteiger partial charge is 0.338 e. The monoisotopic (exact) mass is 497 g/mol. The van der Waals surface area contributed by atoms with Gasteiger partial charge in [-0.1, -0.05) is 32.0 Å². The van der Waals surface area contributed by atoms with Gasteiger partial charge in [-0.2, -0.15) is 0 Å². The minimum absolute atomic E-state index is 0.0902. The highest BCUT2D eigenvalue weighted by atomic mass is 32.2. The lowest BCUT2D eigenvalue weighted by molar-refractivity contribution is 0.0624. The maximum absolute atomic E-state index is 13.2. The van der Waals surface area contributed by atoms with Crippen LogP contribution in [0.15, 0.2) is 70.3 Å². The minimum atomic E-state index is -3.66. The van der Waals surface area contributed by atoms with Crippen molar-refractivity contribution in [2.45, 2.75) is 24.5 Å². The number of sulfonamides is 1. The van der Waals surface area contributed by atoms with Gasteiger partial charge in [0.2, 0.25) is 0 Å². The third-order valence-corrected chi connectivity index (χ3v) is 8.50. The quantitative estimate of drug-likeness (QED) is 0.505. The highest BCUT2D eigenvalue weighted by Crippen LogP contribution is 2.26. The van der Waals surface area contributed by atoms with Crippen LogP contribution in [0.4, 0.5) is 11.4 Å². The van der Waals surface area contributed by atoms with E-state index in [4.69, 9.17) is 0 Å². The van der Waals surface area contributed by atoms with Gasteiger partial charge in [-0.05, 0) is 66.1 Å². The second kappa shape index (κ2) is 9.99. The van der Waals surface area contributed by atoms with Crippen LogP contribution in [-0.2, 0) is 10.0 Å². The number of thiophene rings is 1. The molecule has 1 aliphatic rings. The molecule has 178 valence electrons. The molecule has 0 spiro atoms. The molecule has 0 saturated carbocycles. The molecular formula is C25H27N3O4S2. The van der Waals surface area contributed by atoms with Crippen molar-refractivity contribution in [3.63, 3.8) is 0 Å². The first-order valence-electron chi connectivity index (χ1n) is 11.1. The van der Waals surface area contributed by atoms with E-state index in [-0.39, 0.29) is 16.0 Å². The zero-order chi connectivity index (χ0) is 24.3. The summed E-state index contributed by atoms with van der Waals surface area (Å²) in [5.74, 6) is 0.399. The third-order valence-electron chi connectivity index (χ3n) is 5.72. The number of anilines is 2. The molecule has 0 radical (unpaired) electrons. The maximum atomic E-state index is 13.2. The van der Waals surface area contributed by atoms with Gasteiger partial charge in [0.15, 0.2) is 0 Å². The van der Waals surface area contributed by atoms with Gasteiger partial charge in [0.05, 0.1) is 11.3 Å². The minimum Gasteiger partial charge on any atom is -0.338 e. The molecule has 9 heteroatoms. The first-order valence-corrected chi connectivity index (χ1v) is 13.5. The van der Waals surface area contributed by atoms with Crippen LogP contribution >= 0.6 is 11.3 Å². The highest BCUT2D eigenvalue weighted by Gasteiger charge is 2.27. The Bertz CT molecular complexity index is 1260. The van der Waals surface area contributed by atoms with Gasteiger partial charge in [-0.3, -0.25) is 14.3 Å². The van der Waals surface area contributed by atoms with Gasteiger partial charge < -0.3 is 10.2 Å². The molecule has 2 unspecified atom stereocenters. The molecule has 1 aromatic heterocycles. The summed E-state index contributed by atoms with van der Waals surface area (Å²) >= 11 is 1.13. The molecule has 1 fully saturated rings. The molecule has 7 nitrogen and oxygen atoms in total. The molecule has 2 atom stereocenters. The van der Waals surface area contributed by atoms with Crippen molar-refractivity contribution in [3.8, 4) is 0 Å². The lowest BCUT2D eigenvalue weighted by atomic mass is 9.91. The zero-order valence-electron chi connectivity index (χ0n) is 19.0. The van der Waals surface area contributed by atoms with Crippen molar-refractivity contribution in [1.82, 2.24) is 4.90 Å². The smallest absolute Gasteiger partial charge is 0.271 e. The van der Waals surface area contributed by atoms with E-state index in [0.717, 1.165) is 17.8 Å². The molecule has 4 rings (SSSR count). The summed E-state index contributed by atoms with van der Waals surface area (Å²) in [5.41, 5.74) is 1.61. The van der Waals surface area contributed by atoms with E-state index in [1.54, 1.807) is 47.8 Å². The van der Waals surface area contributed by atoms with E-state index in [2.05, 4.69) is 23.9 Å². The van der Waals surface area contributed by atoms with E-state index in [0.29, 0.717) is 47.4 Å². The van der Waals surface area contributed by atoms with Crippen LogP contribution in [0.2, 0.25) is 0 Å². The summed E-state index contributed by atoms with van der Waals surface area (Å²) < 4.78 is 27.5. The van der Waals surface area contributed by atoms with Crippen molar-refractivity contribution in [2.75, 3.05) is 23.1 Å². The fraction of sp³-hybridized carbons (Fsp3) is 0.280. The van der Waals surface area contributed by atoms with Crippen molar-refractivity contribution in [3.05, 3.63) is 77.2 Å². The molecule has 2 aromatic carbocycles. The summed E-state index contributed by atoms with van der Waals surface area (Å²) in [7, 11) is -3.66. The Labute approximate surface area is 203 Å². The van der Waals surface area contributed by atoms with E-state index in [1.165, 1.54) is 18.2 Å². The van der Waals surface area contributed by atoms with Gasteiger partial charge in [-0.25, -0.2) is 8.42 Å². The van der Waals surface area contributed by atoms with Crippen LogP contribution in [-0.4, -0.2) is 38.2 Å². The maximum Gasteiger partial charge on any atom is 0.271 e. The Morgan fingerprint density at radius 1 is 0.941 bits per heavy atom. The first-order chi connectivity index (χ1) is 16.2. The van der Waals surface area contributed by atoms with E-state index in [9.17, 15) is 18.0 Å². The summed E-state index contributed by atoms with van der Waals surface area (Å²) in [6.07, 6.45) is 1.10. The number of piperidine rings is 1. The second-order valence-electron chi connectivity index (χ2n) is 8.77. The number of carbonyl (C=O) groups excluding carboxylic acids is 2. The Hall–Kier alpha value is -3.17. The number of nitrogens with one attached hydrogen (secondary N) is 2. The van der Waals surface area contributed by atoms with E-state index < -0.39 is 10.0 Å². The number of likely N-dealkylation sites (tertiary alicyclic amines) is 1. The van der Waals surface area contributed by atoms with Crippen molar-refractivity contribution in [2.24, 2.45) is 11.8 Å². The molecule has 1 aliphatic heterocycles. The third kappa shape index (κ3) is 5.48. The molecule has 0 aliphatic carbocycles. The predicted molar refractivity (Wildman–Crippen MR) is 135 cm³/mol. The lowest BCUT2D eigenvalue weighted by Crippen LogP contribution is -2.42. The van der Waals surface area contributed by atoms with Gasteiger partial charge in [0, 0.05) is 24.3 Å². The Balaban J connectivity index is 1.47. The number of benzene rings is 2. The predicted octanol–water partition coefficient (Wildman–Crippen LogP) is 4.92. The van der Waals surface area contributed by atoms with Crippen LogP contribution in [0.3, 0.4) is 0 Å². The van der Waals surface area contributed by atoms with Crippen LogP contribution < -0.4 is 10.0 Å². The van der Waals surface area contributed by atoms with Gasteiger partial charge in [0.1, 0.15) is 4.21 Å². The highest BCUT2D eigenvalue weighted by molar-refractivity contribution is 7.94. The Morgan fingerprint density at radius 3 is 2.26 bits per heavy atom.